The summed E-state index contributed by atoms with van der Waals surface area (Å²) in [5.41, 5.74) is 4.28. The van der Waals surface area contributed by atoms with Crippen molar-refractivity contribution in [2.45, 2.75) is 6.18 Å². The van der Waals surface area contributed by atoms with Gasteiger partial charge in [-0.3, -0.25) is 10.1 Å². The normalized spacial score (nSPS) is 11.9. The topological polar surface area (TPSA) is 108 Å². The summed E-state index contributed by atoms with van der Waals surface area (Å²) in [6, 6.07) is 8.55. The summed E-state index contributed by atoms with van der Waals surface area (Å²) in [5.74, 6) is -1.40. The fourth-order valence-corrected chi connectivity index (χ4v) is 1.77. The Kier molecular flexibility index (Phi) is 5.01. The SMILES string of the molecule is N/C(=N\OC(=O)c1cccc(C(F)(F)F)c1)c1ccc([N+](=O)[O-])cc1. The van der Waals surface area contributed by atoms with E-state index in [1.165, 1.54) is 24.3 Å². The second-order valence-electron chi connectivity index (χ2n) is 4.74. The van der Waals surface area contributed by atoms with Crippen molar-refractivity contribution in [3.63, 3.8) is 0 Å². The van der Waals surface area contributed by atoms with E-state index >= 15 is 0 Å². The van der Waals surface area contributed by atoms with E-state index in [0.717, 1.165) is 18.2 Å². The number of nitrogens with zero attached hydrogens (tertiary/aromatic N) is 2. The minimum absolute atomic E-state index is 0.169. The van der Waals surface area contributed by atoms with Crippen molar-refractivity contribution in [2.24, 2.45) is 10.9 Å². The van der Waals surface area contributed by atoms with Crippen LogP contribution in [-0.2, 0) is 11.0 Å². The van der Waals surface area contributed by atoms with Crippen LogP contribution in [0, 0.1) is 10.1 Å². The molecule has 0 saturated carbocycles. The number of non-ortho nitro benzene ring substituents is 1. The molecule has 0 spiro atoms. The number of nitro benzene ring substituents is 1. The Balaban J connectivity index is 2.12. The number of nitrogens with two attached hydrogens (primary N) is 1. The smallest absolute Gasteiger partial charge is 0.380 e. The van der Waals surface area contributed by atoms with Gasteiger partial charge in [0.1, 0.15) is 0 Å². The van der Waals surface area contributed by atoms with E-state index in [0.29, 0.717) is 6.07 Å². The second-order valence-corrected chi connectivity index (χ2v) is 4.74. The average Bonchev–Trinajstić information content (AvgIpc) is 2.58. The van der Waals surface area contributed by atoms with Crippen molar-refractivity contribution >= 4 is 17.5 Å². The molecule has 0 aliphatic carbocycles. The molecule has 0 saturated heterocycles. The Morgan fingerprint density at radius 3 is 2.32 bits per heavy atom. The average molecular weight is 353 g/mol. The number of carbonyl (C=O) groups excluding carboxylic acids is 1. The van der Waals surface area contributed by atoms with Gasteiger partial charge in [-0.05, 0) is 30.3 Å². The summed E-state index contributed by atoms with van der Waals surface area (Å²) >= 11 is 0. The highest BCUT2D eigenvalue weighted by atomic mass is 19.4. The zero-order valence-corrected chi connectivity index (χ0v) is 12.4. The molecule has 0 amide bonds. The van der Waals surface area contributed by atoms with Gasteiger partial charge in [-0.1, -0.05) is 11.2 Å². The Labute approximate surface area is 138 Å². The van der Waals surface area contributed by atoms with Crippen LogP contribution in [0.3, 0.4) is 0 Å². The maximum absolute atomic E-state index is 12.6. The van der Waals surface area contributed by atoms with Gasteiger partial charge in [-0.25, -0.2) is 4.79 Å². The first kappa shape index (κ1) is 17.9. The highest BCUT2D eigenvalue weighted by Gasteiger charge is 2.31. The van der Waals surface area contributed by atoms with Crippen LogP contribution in [0.15, 0.2) is 53.7 Å². The van der Waals surface area contributed by atoms with Crippen LogP contribution in [-0.4, -0.2) is 16.7 Å². The third-order valence-electron chi connectivity index (χ3n) is 3.03. The standard InChI is InChI=1S/C15H10F3N3O4/c16-15(17,18)11-3-1-2-10(8-11)14(22)25-20-13(19)9-4-6-12(7-5-9)21(23)24/h1-8H,(H2,19,20). The van der Waals surface area contributed by atoms with Gasteiger partial charge < -0.3 is 10.6 Å². The molecule has 7 nitrogen and oxygen atoms in total. The molecule has 2 aromatic rings. The third kappa shape index (κ3) is 4.53. The summed E-state index contributed by atoms with van der Waals surface area (Å²) < 4.78 is 37.8. The quantitative estimate of drug-likeness (QED) is 0.299. The molecule has 0 aromatic heterocycles. The molecule has 0 atom stereocenters. The van der Waals surface area contributed by atoms with Crippen molar-refractivity contribution < 1.29 is 27.7 Å². The van der Waals surface area contributed by atoms with Gasteiger partial charge in [0, 0.05) is 17.7 Å². The van der Waals surface area contributed by atoms with Gasteiger partial charge in [0.05, 0.1) is 16.1 Å². The second kappa shape index (κ2) is 6.99. The molecular weight excluding hydrogens is 343 g/mol. The van der Waals surface area contributed by atoms with Crippen LogP contribution in [0.25, 0.3) is 0 Å². The summed E-state index contributed by atoms with van der Waals surface area (Å²) in [7, 11) is 0. The number of alkyl halides is 3. The third-order valence-corrected chi connectivity index (χ3v) is 3.03. The fourth-order valence-electron chi connectivity index (χ4n) is 1.77. The number of oxime groups is 1. The zero-order chi connectivity index (χ0) is 18.6. The monoisotopic (exact) mass is 353 g/mol. The van der Waals surface area contributed by atoms with Crippen LogP contribution in [0.1, 0.15) is 21.5 Å². The molecule has 0 unspecified atom stereocenters. The Hall–Kier alpha value is -3.43. The Bertz CT molecular complexity index is 833. The zero-order valence-electron chi connectivity index (χ0n) is 12.4. The first-order valence-electron chi connectivity index (χ1n) is 6.65. The predicted octanol–water partition coefficient (Wildman–Crippen LogP) is 3.09. The number of halogens is 3. The largest absolute Gasteiger partial charge is 0.416 e. The van der Waals surface area contributed by atoms with E-state index in [4.69, 9.17) is 5.73 Å². The lowest BCUT2D eigenvalue weighted by atomic mass is 10.1. The van der Waals surface area contributed by atoms with Gasteiger partial charge in [0.2, 0.25) is 0 Å². The van der Waals surface area contributed by atoms with Gasteiger partial charge in [0.15, 0.2) is 5.84 Å². The molecule has 0 aliphatic heterocycles. The summed E-state index contributed by atoms with van der Waals surface area (Å²) in [6.07, 6.45) is -4.60. The van der Waals surface area contributed by atoms with Crippen molar-refractivity contribution in [1.29, 1.82) is 0 Å². The van der Waals surface area contributed by atoms with Crippen LogP contribution >= 0.6 is 0 Å². The number of nitro groups is 1. The van der Waals surface area contributed by atoms with Crippen LogP contribution < -0.4 is 5.73 Å². The first-order chi connectivity index (χ1) is 11.7. The lowest BCUT2D eigenvalue weighted by molar-refractivity contribution is -0.384. The van der Waals surface area contributed by atoms with Crippen LogP contribution in [0.5, 0.6) is 0 Å². The van der Waals surface area contributed by atoms with Crippen molar-refractivity contribution in [1.82, 2.24) is 0 Å². The molecule has 0 heterocycles. The van der Waals surface area contributed by atoms with E-state index in [9.17, 15) is 28.1 Å². The van der Waals surface area contributed by atoms with E-state index in [2.05, 4.69) is 9.99 Å². The molecule has 10 heteroatoms. The van der Waals surface area contributed by atoms with Crippen molar-refractivity contribution in [2.75, 3.05) is 0 Å². The van der Waals surface area contributed by atoms with Crippen LogP contribution in [0.2, 0.25) is 0 Å². The molecular formula is C15H10F3N3O4. The number of hydrogen-bond acceptors (Lipinski definition) is 5. The van der Waals surface area contributed by atoms with Gasteiger partial charge in [-0.2, -0.15) is 13.2 Å². The van der Waals surface area contributed by atoms with Crippen molar-refractivity contribution in [3.05, 3.63) is 75.3 Å². The number of amidine groups is 1. The Morgan fingerprint density at radius 2 is 1.76 bits per heavy atom. The molecule has 0 aliphatic rings. The van der Waals surface area contributed by atoms with Crippen LogP contribution in [0.4, 0.5) is 18.9 Å². The lowest BCUT2D eigenvalue weighted by Gasteiger charge is -2.07. The van der Waals surface area contributed by atoms with E-state index in [1.54, 1.807) is 0 Å². The van der Waals surface area contributed by atoms with Crippen molar-refractivity contribution in [3.8, 4) is 0 Å². The molecule has 2 aromatic carbocycles. The molecule has 0 bridgehead atoms. The maximum atomic E-state index is 12.6. The molecule has 0 radical (unpaired) electrons. The molecule has 130 valence electrons. The highest BCUT2D eigenvalue weighted by Crippen LogP contribution is 2.29. The predicted molar refractivity (Wildman–Crippen MR) is 80.7 cm³/mol. The lowest BCUT2D eigenvalue weighted by Crippen LogP contribution is -2.15. The number of hydrogen-bond donors (Lipinski definition) is 1. The van der Waals surface area contributed by atoms with E-state index in [1.807, 2.05) is 0 Å². The molecule has 0 fully saturated rings. The minimum Gasteiger partial charge on any atom is -0.380 e. The minimum atomic E-state index is -4.60. The summed E-state index contributed by atoms with van der Waals surface area (Å²) in [5, 5.41) is 13.9. The van der Waals surface area contributed by atoms with Gasteiger partial charge in [0.25, 0.3) is 5.69 Å². The highest BCUT2D eigenvalue weighted by molar-refractivity contribution is 5.98. The van der Waals surface area contributed by atoms with E-state index in [-0.39, 0.29) is 22.6 Å². The van der Waals surface area contributed by atoms with Gasteiger partial charge in [-0.15, -0.1) is 0 Å². The first-order valence-corrected chi connectivity index (χ1v) is 6.65. The maximum Gasteiger partial charge on any atom is 0.416 e. The number of rotatable bonds is 4. The van der Waals surface area contributed by atoms with Gasteiger partial charge >= 0.3 is 12.1 Å². The summed E-state index contributed by atoms with van der Waals surface area (Å²) in [4.78, 5) is 26.2. The number of carbonyl (C=O) groups is 1. The summed E-state index contributed by atoms with van der Waals surface area (Å²) in [6.45, 7) is 0. The molecule has 2 rings (SSSR count). The Morgan fingerprint density at radius 1 is 1.12 bits per heavy atom. The molecule has 2 N–H and O–H groups in total. The number of benzene rings is 2. The van der Waals surface area contributed by atoms with E-state index < -0.39 is 22.6 Å². The molecule has 25 heavy (non-hydrogen) atoms. The fraction of sp³-hybridized carbons (Fsp3) is 0.0667.